The van der Waals surface area contributed by atoms with Crippen molar-refractivity contribution in [3.63, 3.8) is 0 Å². The summed E-state index contributed by atoms with van der Waals surface area (Å²) in [5.74, 6) is 0. The van der Waals surface area contributed by atoms with E-state index < -0.39 is 29.0 Å². The van der Waals surface area contributed by atoms with Crippen molar-refractivity contribution in [1.29, 1.82) is 36.8 Å². The minimum Gasteiger partial charge on any atom is -0.309 e. The number of fused-ring (bicyclic) bond motifs is 6. The Balaban J connectivity index is 1.19. The number of aromatic nitrogens is 2. The van der Waals surface area contributed by atoms with Gasteiger partial charge in [0.15, 0.2) is 0 Å². The van der Waals surface area contributed by atoms with Gasteiger partial charge in [-0.05, 0) is 125 Å². The van der Waals surface area contributed by atoms with E-state index in [2.05, 4.69) is 30.3 Å². The van der Waals surface area contributed by atoms with Gasteiger partial charge in [-0.2, -0.15) is 63.2 Å². The Kier molecular flexibility index (Phi) is 11.6. The maximum absolute atomic E-state index is 15.0. The molecule has 0 atom stereocenters. The van der Waals surface area contributed by atoms with Crippen molar-refractivity contribution >= 4 is 43.6 Å². The lowest BCUT2D eigenvalue weighted by Gasteiger charge is -2.20. The number of hydrogen-bond acceptors (Lipinski definition) is 7. The molecule has 0 bridgehead atoms. The lowest BCUT2D eigenvalue weighted by atomic mass is 9.91. The van der Waals surface area contributed by atoms with Crippen LogP contribution in [0.5, 0.6) is 0 Å². The molecule has 0 unspecified atom stereocenters. The Morgan fingerprint density at radius 1 is 0.333 bits per heavy atom. The second-order valence-electron chi connectivity index (χ2n) is 18.1. The number of nitrogens with zero attached hydrogens (tertiary/aromatic N) is 9. The van der Waals surface area contributed by atoms with E-state index in [9.17, 15) is 63.2 Å². The zero-order valence-corrected chi connectivity index (χ0v) is 39.9. The molecule has 2 aromatic heterocycles. The standard InChI is InChI=1S/C63H27F6N9/c64-62(65,66)45-13-15-47(54(26-45)63(67,68)69)37-10-16-59(78-56-8-4-2-6-49(56)52-25-39(12-18-58(52)78)61-43(33-75)21-36(29-71)22-44(61)34-76)53(23-37)50-27-46(14-9-40(50)30-72)77-55-7-3-1-5-48(55)51-24-38(11-17-57(51)77)60-41(31-73)19-35(28-70)20-42(60)32-74/h1-27H. The molecule has 78 heavy (non-hydrogen) atoms. The number of alkyl halides is 6. The van der Waals surface area contributed by atoms with Crippen LogP contribution in [0.4, 0.5) is 26.3 Å². The summed E-state index contributed by atoms with van der Waals surface area (Å²) < 4.78 is 90.7. The van der Waals surface area contributed by atoms with Crippen molar-refractivity contribution in [2.24, 2.45) is 0 Å². The summed E-state index contributed by atoms with van der Waals surface area (Å²) in [7, 11) is 0. The van der Waals surface area contributed by atoms with Gasteiger partial charge in [0.2, 0.25) is 0 Å². The molecule has 9 aromatic carbocycles. The van der Waals surface area contributed by atoms with Crippen LogP contribution < -0.4 is 0 Å². The minimum atomic E-state index is -5.23. The molecule has 0 spiro atoms. The van der Waals surface area contributed by atoms with Crippen LogP contribution in [0.2, 0.25) is 0 Å². The van der Waals surface area contributed by atoms with E-state index in [0.29, 0.717) is 77.9 Å². The highest BCUT2D eigenvalue weighted by molar-refractivity contribution is 6.12. The summed E-state index contributed by atoms with van der Waals surface area (Å²) >= 11 is 0. The van der Waals surface area contributed by atoms with Gasteiger partial charge >= 0.3 is 12.4 Å². The van der Waals surface area contributed by atoms with Crippen molar-refractivity contribution in [2.75, 3.05) is 0 Å². The lowest BCUT2D eigenvalue weighted by molar-refractivity contribution is -0.142. The first kappa shape index (κ1) is 48.8. The fraction of sp³-hybridized carbons (Fsp3) is 0.0317. The monoisotopic (exact) mass is 1020 g/mol. The quantitative estimate of drug-likeness (QED) is 0.149. The third-order valence-corrected chi connectivity index (χ3v) is 13.8. The van der Waals surface area contributed by atoms with Crippen molar-refractivity contribution in [2.45, 2.75) is 12.4 Å². The van der Waals surface area contributed by atoms with Crippen LogP contribution in [-0.2, 0) is 12.4 Å². The second-order valence-corrected chi connectivity index (χ2v) is 18.1. The van der Waals surface area contributed by atoms with Crippen LogP contribution in [0.15, 0.2) is 164 Å². The summed E-state index contributed by atoms with van der Waals surface area (Å²) in [5.41, 5.74) is 2.54. The van der Waals surface area contributed by atoms with Gasteiger partial charge in [-0.25, -0.2) is 0 Å². The fourth-order valence-corrected chi connectivity index (χ4v) is 10.5. The number of hydrogen-bond donors (Lipinski definition) is 0. The SMILES string of the molecule is N#Cc1cc(C#N)c(-c2ccc3c(c2)c2ccccc2n3-c2ccc(C#N)c(-c3cc(-c4ccc(C(F)(F)F)cc4C(F)(F)F)ccc3-n3c4ccccc4c4cc(-c5c(C#N)cc(C#N)cc5C#N)ccc43)c2)c(C#N)c1. The Hall–Kier alpha value is -11.4. The van der Waals surface area contributed by atoms with Crippen molar-refractivity contribution in [1.82, 2.24) is 9.13 Å². The Morgan fingerprint density at radius 2 is 0.808 bits per heavy atom. The Morgan fingerprint density at radius 3 is 1.29 bits per heavy atom. The van der Waals surface area contributed by atoms with E-state index in [1.54, 1.807) is 60.7 Å². The molecular formula is C63H27F6N9. The zero-order valence-electron chi connectivity index (χ0n) is 39.9. The topological polar surface area (TPSA) is 176 Å². The van der Waals surface area contributed by atoms with Gasteiger partial charge in [-0.15, -0.1) is 0 Å². The highest BCUT2D eigenvalue weighted by Crippen LogP contribution is 2.46. The Bertz CT molecular complexity index is 4690. The van der Waals surface area contributed by atoms with E-state index in [1.165, 1.54) is 36.4 Å². The predicted octanol–water partition coefficient (Wildman–Crippen LogP) is 15.7. The highest BCUT2D eigenvalue weighted by Gasteiger charge is 2.39. The zero-order chi connectivity index (χ0) is 54.8. The first-order chi connectivity index (χ1) is 37.6. The fourth-order valence-electron chi connectivity index (χ4n) is 10.5. The molecule has 0 fully saturated rings. The van der Waals surface area contributed by atoms with Crippen molar-refractivity contribution < 1.29 is 26.3 Å². The van der Waals surface area contributed by atoms with Gasteiger partial charge in [0.1, 0.15) is 0 Å². The van der Waals surface area contributed by atoms with Gasteiger partial charge < -0.3 is 9.13 Å². The first-order valence-corrected chi connectivity index (χ1v) is 23.4. The summed E-state index contributed by atoms with van der Waals surface area (Å²) in [6, 6.07) is 56.4. The molecule has 11 rings (SSSR count). The largest absolute Gasteiger partial charge is 0.417 e. The third-order valence-electron chi connectivity index (χ3n) is 13.8. The summed E-state index contributed by atoms with van der Waals surface area (Å²) in [5, 5.41) is 73.7. The molecule has 0 radical (unpaired) electrons. The molecule has 11 aromatic rings. The molecule has 0 aliphatic heterocycles. The van der Waals surface area contributed by atoms with Crippen LogP contribution in [0.3, 0.4) is 0 Å². The molecule has 0 aliphatic carbocycles. The van der Waals surface area contributed by atoms with E-state index >= 15 is 0 Å². The van der Waals surface area contributed by atoms with Crippen LogP contribution in [0.1, 0.15) is 50.1 Å². The third kappa shape index (κ3) is 7.92. The van der Waals surface area contributed by atoms with E-state index in [1.807, 2.05) is 69.8 Å². The van der Waals surface area contributed by atoms with Crippen LogP contribution in [0, 0.1) is 79.3 Å². The molecule has 0 saturated carbocycles. The van der Waals surface area contributed by atoms with Crippen LogP contribution in [0.25, 0.3) is 99.5 Å². The maximum Gasteiger partial charge on any atom is 0.417 e. The lowest BCUT2D eigenvalue weighted by Crippen LogP contribution is -2.12. The maximum atomic E-state index is 15.0. The van der Waals surface area contributed by atoms with E-state index in [-0.39, 0.29) is 61.7 Å². The molecule has 0 aliphatic rings. The predicted molar refractivity (Wildman–Crippen MR) is 280 cm³/mol. The van der Waals surface area contributed by atoms with E-state index in [0.717, 1.165) is 11.5 Å². The van der Waals surface area contributed by atoms with Gasteiger partial charge in [-0.1, -0.05) is 60.7 Å². The number of benzene rings is 9. The normalized spacial score (nSPS) is 11.4. The molecule has 366 valence electrons. The number of para-hydroxylation sites is 2. The molecular weight excluding hydrogens is 997 g/mol. The van der Waals surface area contributed by atoms with Crippen molar-refractivity contribution in [3.8, 4) is 98.4 Å². The average molecular weight is 1020 g/mol. The summed E-state index contributed by atoms with van der Waals surface area (Å²) in [4.78, 5) is 0. The molecule has 9 nitrogen and oxygen atoms in total. The van der Waals surface area contributed by atoms with Crippen LogP contribution >= 0.6 is 0 Å². The van der Waals surface area contributed by atoms with Gasteiger partial charge in [-0.3, -0.25) is 0 Å². The molecule has 15 heteroatoms. The molecule has 0 N–H and O–H groups in total. The average Bonchev–Trinajstić information content (AvgIpc) is 4.02. The van der Waals surface area contributed by atoms with Gasteiger partial charge in [0.25, 0.3) is 0 Å². The number of halogens is 6. The van der Waals surface area contributed by atoms with Gasteiger partial charge in [0, 0.05) is 49.5 Å². The summed E-state index contributed by atoms with van der Waals surface area (Å²) in [6.45, 7) is 0. The van der Waals surface area contributed by atoms with E-state index in [4.69, 9.17) is 0 Å². The smallest absolute Gasteiger partial charge is 0.309 e. The highest BCUT2D eigenvalue weighted by atomic mass is 19.4. The van der Waals surface area contributed by atoms with Crippen molar-refractivity contribution in [3.05, 3.63) is 214 Å². The minimum absolute atomic E-state index is 0.0788. The molecule has 2 heterocycles. The van der Waals surface area contributed by atoms with Crippen LogP contribution in [-0.4, -0.2) is 9.13 Å². The molecule has 0 amide bonds. The number of rotatable bonds is 6. The Labute approximate surface area is 438 Å². The number of nitriles is 7. The second kappa shape index (κ2) is 18.5. The summed E-state index contributed by atoms with van der Waals surface area (Å²) in [6.07, 6.45) is -10.3. The molecule has 0 saturated heterocycles. The van der Waals surface area contributed by atoms with Gasteiger partial charge in [0.05, 0.1) is 120 Å². The first-order valence-electron chi connectivity index (χ1n) is 23.4.